The number of aromatic nitrogens is 2. The van der Waals surface area contributed by atoms with Gasteiger partial charge in [-0.25, -0.2) is 13.9 Å². The topological polar surface area (TPSA) is 64.3 Å². The van der Waals surface area contributed by atoms with Crippen LogP contribution in [-0.2, 0) is 9.53 Å². The molecule has 5 nitrogen and oxygen atoms in total. The van der Waals surface area contributed by atoms with Crippen LogP contribution in [0.2, 0.25) is 0 Å². The third kappa shape index (κ3) is 2.23. The second kappa shape index (κ2) is 4.97. The molecule has 0 saturated carbocycles. The molecule has 0 radical (unpaired) electrons. The zero-order valence-corrected chi connectivity index (χ0v) is 9.58. The highest BCUT2D eigenvalue weighted by molar-refractivity contribution is 5.76. The lowest BCUT2D eigenvalue weighted by atomic mass is 10.1. The highest BCUT2D eigenvalue weighted by Crippen LogP contribution is 2.20. The van der Waals surface area contributed by atoms with E-state index in [1.165, 1.54) is 23.0 Å². The molecular weight excluding hydrogens is 239 g/mol. The molecule has 2 rings (SSSR count). The van der Waals surface area contributed by atoms with Gasteiger partial charge in [-0.2, -0.15) is 5.10 Å². The van der Waals surface area contributed by atoms with Crippen molar-refractivity contribution >= 4 is 5.97 Å². The first-order chi connectivity index (χ1) is 8.63. The van der Waals surface area contributed by atoms with Gasteiger partial charge in [-0.05, 0) is 23.8 Å². The first kappa shape index (κ1) is 12.3. The third-order valence-corrected chi connectivity index (χ3v) is 2.46. The summed E-state index contributed by atoms with van der Waals surface area (Å²) >= 11 is 0. The molecule has 18 heavy (non-hydrogen) atoms. The van der Waals surface area contributed by atoms with Crippen LogP contribution in [0.15, 0.2) is 36.7 Å². The predicted molar refractivity (Wildman–Crippen MR) is 60.5 cm³/mol. The highest BCUT2D eigenvalue weighted by Gasteiger charge is 2.19. The normalized spacial score (nSPS) is 12.2. The van der Waals surface area contributed by atoms with E-state index in [9.17, 15) is 14.3 Å². The van der Waals surface area contributed by atoms with E-state index in [2.05, 4.69) is 9.84 Å². The number of carbonyl (C=O) groups is 1. The fraction of sp³-hybridized carbons (Fsp3) is 0.167. The first-order valence-corrected chi connectivity index (χ1v) is 5.19. The number of carbonyl (C=O) groups excluding carboxylic acids is 1. The van der Waals surface area contributed by atoms with E-state index in [1.54, 1.807) is 12.3 Å². The number of aliphatic hydroxyl groups excluding tert-OH is 1. The molecule has 2 aromatic rings. The zero-order chi connectivity index (χ0) is 13.1. The van der Waals surface area contributed by atoms with Crippen molar-refractivity contribution in [1.29, 1.82) is 0 Å². The maximum Gasteiger partial charge on any atom is 0.339 e. The minimum absolute atomic E-state index is 0.134. The molecule has 6 heteroatoms. The molecule has 0 saturated heterocycles. The Morgan fingerprint density at radius 2 is 2.33 bits per heavy atom. The average Bonchev–Trinajstić information content (AvgIpc) is 2.90. The summed E-state index contributed by atoms with van der Waals surface area (Å²) in [4.78, 5) is 11.1. The molecule has 0 spiro atoms. The number of nitrogens with zero attached hydrogens (tertiary/aromatic N) is 2. The molecule has 94 valence electrons. The van der Waals surface area contributed by atoms with Crippen molar-refractivity contribution in [1.82, 2.24) is 9.78 Å². The minimum atomic E-state index is -1.49. The fourth-order valence-electron chi connectivity index (χ4n) is 1.54. The summed E-state index contributed by atoms with van der Waals surface area (Å²) in [5.74, 6) is -1.42. The second-order valence-electron chi connectivity index (χ2n) is 3.59. The van der Waals surface area contributed by atoms with Gasteiger partial charge in [-0.1, -0.05) is 6.07 Å². The van der Waals surface area contributed by atoms with Crippen molar-refractivity contribution in [2.75, 3.05) is 7.11 Å². The van der Waals surface area contributed by atoms with E-state index in [0.717, 1.165) is 13.2 Å². The van der Waals surface area contributed by atoms with Crippen LogP contribution < -0.4 is 0 Å². The Labute approximate surface area is 102 Å². The van der Waals surface area contributed by atoms with Gasteiger partial charge in [0.15, 0.2) is 6.10 Å². The van der Waals surface area contributed by atoms with Gasteiger partial charge in [0.2, 0.25) is 0 Å². The van der Waals surface area contributed by atoms with Crippen LogP contribution in [0, 0.1) is 5.82 Å². The minimum Gasteiger partial charge on any atom is -0.467 e. The lowest BCUT2D eigenvalue weighted by Gasteiger charge is -2.10. The molecule has 1 aromatic heterocycles. The van der Waals surface area contributed by atoms with Crippen LogP contribution in [0.4, 0.5) is 4.39 Å². The Kier molecular flexibility index (Phi) is 3.38. The van der Waals surface area contributed by atoms with Gasteiger partial charge < -0.3 is 9.84 Å². The average molecular weight is 250 g/mol. The lowest BCUT2D eigenvalue weighted by Crippen LogP contribution is -2.14. The Morgan fingerprint density at radius 1 is 1.56 bits per heavy atom. The van der Waals surface area contributed by atoms with Gasteiger partial charge in [0, 0.05) is 12.4 Å². The Hall–Kier alpha value is -2.21. The van der Waals surface area contributed by atoms with E-state index < -0.39 is 17.9 Å². The molecular formula is C12H11FN2O3. The zero-order valence-electron chi connectivity index (χ0n) is 9.58. The summed E-state index contributed by atoms with van der Waals surface area (Å²) in [6.45, 7) is 0. The quantitative estimate of drug-likeness (QED) is 0.832. The van der Waals surface area contributed by atoms with Crippen molar-refractivity contribution in [3.05, 3.63) is 48.0 Å². The summed E-state index contributed by atoms with van der Waals surface area (Å²) in [6.07, 6.45) is 1.63. The van der Waals surface area contributed by atoms with E-state index >= 15 is 0 Å². The van der Waals surface area contributed by atoms with E-state index in [-0.39, 0.29) is 11.3 Å². The van der Waals surface area contributed by atoms with E-state index in [0.29, 0.717) is 0 Å². The molecule has 1 N–H and O–H groups in total. The first-order valence-electron chi connectivity index (χ1n) is 5.19. The van der Waals surface area contributed by atoms with Gasteiger partial charge in [0.25, 0.3) is 0 Å². The van der Waals surface area contributed by atoms with Crippen molar-refractivity contribution in [2.45, 2.75) is 6.10 Å². The molecule has 1 unspecified atom stereocenters. The number of aliphatic hydroxyl groups is 1. The van der Waals surface area contributed by atoms with E-state index in [4.69, 9.17) is 0 Å². The summed E-state index contributed by atoms with van der Waals surface area (Å²) in [5.41, 5.74) is 0.371. The molecule has 0 aliphatic rings. The highest BCUT2D eigenvalue weighted by atomic mass is 19.1. The lowest BCUT2D eigenvalue weighted by molar-refractivity contribution is -0.150. The molecule has 0 fully saturated rings. The van der Waals surface area contributed by atoms with Crippen LogP contribution in [0.3, 0.4) is 0 Å². The number of ether oxygens (including phenoxy) is 1. The Morgan fingerprint density at radius 3 is 2.89 bits per heavy atom. The number of methoxy groups -OCH3 is 1. The van der Waals surface area contributed by atoms with Gasteiger partial charge >= 0.3 is 5.97 Å². The molecule has 1 heterocycles. The van der Waals surface area contributed by atoms with Crippen molar-refractivity contribution < 1.29 is 19.0 Å². The van der Waals surface area contributed by atoms with Gasteiger partial charge in [-0.3, -0.25) is 0 Å². The van der Waals surface area contributed by atoms with Crippen molar-refractivity contribution in [3.63, 3.8) is 0 Å². The van der Waals surface area contributed by atoms with Crippen molar-refractivity contribution in [2.24, 2.45) is 0 Å². The monoisotopic (exact) mass is 250 g/mol. The fourth-order valence-corrected chi connectivity index (χ4v) is 1.54. The number of hydrogen-bond donors (Lipinski definition) is 1. The number of benzene rings is 1. The van der Waals surface area contributed by atoms with E-state index in [1.807, 2.05) is 0 Å². The SMILES string of the molecule is COC(=O)C(O)c1ccc(-n2cccn2)c(F)c1. The summed E-state index contributed by atoms with van der Waals surface area (Å²) in [7, 11) is 1.15. The molecule has 0 aliphatic carbocycles. The number of esters is 1. The second-order valence-corrected chi connectivity index (χ2v) is 3.59. The van der Waals surface area contributed by atoms with Crippen LogP contribution in [0.1, 0.15) is 11.7 Å². The van der Waals surface area contributed by atoms with Crippen molar-refractivity contribution in [3.8, 4) is 5.69 Å². The maximum absolute atomic E-state index is 13.8. The predicted octanol–water partition coefficient (Wildman–Crippen LogP) is 1.22. The smallest absolute Gasteiger partial charge is 0.339 e. The molecule has 0 aliphatic heterocycles. The number of hydrogen-bond acceptors (Lipinski definition) is 4. The van der Waals surface area contributed by atoms with Gasteiger partial charge in [0.1, 0.15) is 11.5 Å². The number of halogens is 1. The van der Waals surface area contributed by atoms with Crippen LogP contribution >= 0.6 is 0 Å². The molecule has 0 amide bonds. The number of rotatable bonds is 3. The molecule has 1 atom stereocenters. The Bertz CT molecular complexity index is 554. The molecule has 0 bridgehead atoms. The third-order valence-electron chi connectivity index (χ3n) is 2.46. The largest absolute Gasteiger partial charge is 0.467 e. The van der Waals surface area contributed by atoms with Crippen LogP contribution in [-0.4, -0.2) is 28.0 Å². The Balaban J connectivity index is 2.33. The maximum atomic E-state index is 13.8. The summed E-state index contributed by atoms with van der Waals surface area (Å²) < 4.78 is 19.5. The molecule has 1 aromatic carbocycles. The standard InChI is InChI=1S/C12H11FN2O3/c1-18-12(17)11(16)8-3-4-10(9(13)7-8)15-6-2-5-14-15/h2-7,11,16H,1H3. The van der Waals surface area contributed by atoms with Gasteiger partial charge in [0.05, 0.1) is 7.11 Å². The van der Waals surface area contributed by atoms with Crippen LogP contribution in [0.25, 0.3) is 5.69 Å². The summed E-state index contributed by atoms with van der Waals surface area (Å²) in [6, 6.07) is 5.63. The van der Waals surface area contributed by atoms with Crippen LogP contribution in [0.5, 0.6) is 0 Å². The van der Waals surface area contributed by atoms with Gasteiger partial charge in [-0.15, -0.1) is 0 Å². The summed E-state index contributed by atoms with van der Waals surface area (Å²) in [5, 5.41) is 13.5.